The van der Waals surface area contributed by atoms with E-state index in [1.165, 1.54) is 0 Å². The molecule has 1 aliphatic rings. The summed E-state index contributed by atoms with van der Waals surface area (Å²) in [6, 6.07) is 13.9. The Hall–Kier alpha value is -4.03. The predicted molar refractivity (Wildman–Crippen MR) is 171 cm³/mol. The summed E-state index contributed by atoms with van der Waals surface area (Å²) < 4.78 is 0. The number of nitrogens with one attached hydrogen (secondary N) is 2. The monoisotopic (exact) mass is 619 g/mol. The lowest BCUT2D eigenvalue weighted by atomic mass is 10.0. The first kappa shape index (κ1) is 33.9. The fourth-order valence-corrected chi connectivity index (χ4v) is 5.88. The van der Waals surface area contributed by atoms with E-state index < -0.39 is 11.9 Å². The van der Waals surface area contributed by atoms with Crippen molar-refractivity contribution >= 4 is 11.9 Å². The molecule has 0 saturated heterocycles. The van der Waals surface area contributed by atoms with Crippen molar-refractivity contribution in [2.75, 3.05) is 39.3 Å². The van der Waals surface area contributed by atoms with Crippen molar-refractivity contribution in [3.05, 3.63) is 87.2 Å². The molecular formula is C34H45N5O6. The average molecular weight is 620 g/mol. The largest absolute Gasteiger partial charge is 0.507 e. The van der Waals surface area contributed by atoms with Crippen LogP contribution in [0, 0.1) is 13.8 Å². The molecule has 0 spiro atoms. The molecule has 11 nitrogen and oxygen atoms in total. The Morgan fingerprint density at radius 2 is 1.13 bits per heavy atom. The Morgan fingerprint density at radius 3 is 1.56 bits per heavy atom. The molecule has 3 aromatic rings. The maximum Gasteiger partial charge on any atom is 0.317 e. The molecule has 1 aromatic heterocycles. The molecule has 45 heavy (non-hydrogen) atoms. The number of pyridine rings is 1. The van der Waals surface area contributed by atoms with Gasteiger partial charge in [-0.25, -0.2) is 0 Å². The van der Waals surface area contributed by atoms with E-state index in [1.54, 1.807) is 0 Å². The summed E-state index contributed by atoms with van der Waals surface area (Å²) in [6.45, 7) is 8.33. The number of carbonyl (C=O) groups is 2. The van der Waals surface area contributed by atoms with Gasteiger partial charge in [-0.3, -0.25) is 24.4 Å². The lowest BCUT2D eigenvalue weighted by Crippen LogP contribution is -2.33. The minimum atomic E-state index is -0.945. The van der Waals surface area contributed by atoms with Crippen LogP contribution in [0.5, 0.6) is 11.5 Å². The second-order valence-corrected chi connectivity index (χ2v) is 11.9. The van der Waals surface area contributed by atoms with E-state index >= 15 is 0 Å². The van der Waals surface area contributed by atoms with Gasteiger partial charge in [-0.2, -0.15) is 0 Å². The van der Waals surface area contributed by atoms with Crippen LogP contribution in [0.1, 0.15) is 51.2 Å². The van der Waals surface area contributed by atoms with E-state index in [1.807, 2.05) is 56.3 Å². The van der Waals surface area contributed by atoms with Gasteiger partial charge in [-0.05, 0) is 45.5 Å². The van der Waals surface area contributed by atoms with Gasteiger partial charge in [0.1, 0.15) is 11.5 Å². The van der Waals surface area contributed by atoms with E-state index in [-0.39, 0.29) is 37.7 Å². The van der Waals surface area contributed by atoms with Gasteiger partial charge in [0.15, 0.2) is 0 Å². The Kier molecular flexibility index (Phi) is 12.3. The number of nitrogens with zero attached hydrogens (tertiary/aromatic N) is 3. The van der Waals surface area contributed by atoms with Crippen LogP contribution in [0.4, 0.5) is 0 Å². The van der Waals surface area contributed by atoms with Gasteiger partial charge in [-0.15, -0.1) is 0 Å². The fraction of sp³-hybridized carbons (Fsp3) is 0.441. The van der Waals surface area contributed by atoms with Gasteiger partial charge in [0, 0.05) is 85.8 Å². The van der Waals surface area contributed by atoms with Gasteiger partial charge in [-0.1, -0.05) is 41.5 Å². The first-order valence-corrected chi connectivity index (χ1v) is 15.4. The quantitative estimate of drug-likeness (QED) is 0.177. The second kappa shape index (κ2) is 16.3. The van der Waals surface area contributed by atoms with E-state index in [2.05, 4.69) is 20.4 Å². The third kappa shape index (κ3) is 10.5. The third-order valence-electron chi connectivity index (χ3n) is 7.98. The summed E-state index contributed by atoms with van der Waals surface area (Å²) in [5, 5.41) is 45.9. The number of aromatic hydroxyl groups is 2. The minimum absolute atomic E-state index is 0.180. The van der Waals surface area contributed by atoms with Crippen LogP contribution < -0.4 is 10.6 Å². The highest BCUT2D eigenvalue weighted by Gasteiger charge is 2.18. The normalized spacial score (nSPS) is 14.9. The molecule has 11 heteroatoms. The Bertz CT molecular complexity index is 1370. The lowest BCUT2D eigenvalue weighted by Gasteiger charge is -2.28. The number of aliphatic carboxylic acids is 2. The number of benzene rings is 2. The van der Waals surface area contributed by atoms with Crippen molar-refractivity contribution in [2.24, 2.45) is 0 Å². The second-order valence-electron chi connectivity index (χ2n) is 11.9. The minimum Gasteiger partial charge on any atom is -0.507 e. The number of fused-ring (bicyclic) bond motifs is 2. The van der Waals surface area contributed by atoms with Crippen molar-refractivity contribution in [3.63, 3.8) is 0 Å². The number of hydrogen-bond acceptors (Lipinski definition) is 9. The molecule has 0 unspecified atom stereocenters. The molecule has 2 heterocycles. The molecule has 2 aromatic carbocycles. The molecule has 242 valence electrons. The van der Waals surface area contributed by atoms with Crippen LogP contribution in [0.25, 0.3) is 0 Å². The van der Waals surface area contributed by atoms with Gasteiger partial charge >= 0.3 is 11.9 Å². The van der Waals surface area contributed by atoms with Crippen LogP contribution in [-0.4, -0.2) is 86.4 Å². The number of hydrogen-bond donors (Lipinski definition) is 6. The zero-order chi connectivity index (χ0) is 32.3. The summed E-state index contributed by atoms with van der Waals surface area (Å²) in [6.07, 6.45) is 2.45. The molecule has 1 aliphatic heterocycles. The molecule has 0 amide bonds. The van der Waals surface area contributed by atoms with Crippen molar-refractivity contribution in [1.29, 1.82) is 0 Å². The van der Waals surface area contributed by atoms with Gasteiger partial charge in [0.2, 0.25) is 0 Å². The molecule has 0 atom stereocenters. The van der Waals surface area contributed by atoms with E-state index in [0.717, 1.165) is 79.1 Å². The zero-order valence-electron chi connectivity index (χ0n) is 26.2. The van der Waals surface area contributed by atoms with Gasteiger partial charge in [0.25, 0.3) is 0 Å². The van der Waals surface area contributed by atoms with E-state index in [0.29, 0.717) is 24.2 Å². The number of rotatable bonds is 12. The molecular weight excluding hydrogens is 574 g/mol. The lowest BCUT2D eigenvalue weighted by molar-refractivity contribution is -0.137. The Labute approximate surface area is 264 Å². The van der Waals surface area contributed by atoms with Crippen LogP contribution >= 0.6 is 0 Å². The van der Waals surface area contributed by atoms with Gasteiger partial charge < -0.3 is 31.1 Å². The zero-order valence-corrected chi connectivity index (χ0v) is 26.2. The van der Waals surface area contributed by atoms with Crippen LogP contribution in [-0.2, 0) is 48.6 Å². The Morgan fingerprint density at radius 1 is 0.711 bits per heavy atom. The maximum atomic E-state index is 11.1. The molecule has 2 bridgehead atoms. The molecule has 0 radical (unpaired) electrons. The molecule has 4 rings (SSSR count). The SMILES string of the molecule is Cc1cc(CNCC(=O)O)c(O)c(CN2CCCN(Cc3cc(C)cc(CNCC(=O)O)c3O)CCc3cccc(n3)CC2)c1. The first-order chi connectivity index (χ1) is 21.6. The van der Waals surface area contributed by atoms with Crippen molar-refractivity contribution in [1.82, 2.24) is 25.4 Å². The van der Waals surface area contributed by atoms with Crippen LogP contribution in [0.3, 0.4) is 0 Å². The van der Waals surface area contributed by atoms with Crippen LogP contribution in [0.2, 0.25) is 0 Å². The number of aromatic nitrogens is 1. The number of phenolic OH excluding ortho intramolecular Hbond substituents is 2. The summed E-state index contributed by atoms with van der Waals surface area (Å²) in [5.41, 5.74) is 7.01. The maximum absolute atomic E-state index is 11.1. The Balaban J connectivity index is 1.51. The smallest absolute Gasteiger partial charge is 0.317 e. The van der Waals surface area contributed by atoms with Gasteiger partial charge in [0.05, 0.1) is 13.1 Å². The third-order valence-corrected chi connectivity index (χ3v) is 7.98. The highest BCUT2D eigenvalue weighted by Crippen LogP contribution is 2.28. The summed E-state index contributed by atoms with van der Waals surface area (Å²) in [5.74, 6) is -1.51. The van der Waals surface area contributed by atoms with Crippen molar-refractivity contribution in [3.8, 4) is 11.5 Å². The highest BCUT2D eigenvalue weighted by atomic mass is 16.4. The van der Waals surface area contributed by atoms with Crippen molar-refractivity contribution < 1.29 is 30.0 Å². The topological polar surface area (TPSA) is 158 Å². The van der Waals surface area contributed by atoms with Crippen molar-refractivity contribution in [2.45, 2.75) is 59.3 Å². The number of aryl methyl sites for hydroxylation is 2. The number of carboxylic acid groups (broad SMARTS) is 2. The highest BCUT2D eigenvalue weighted by molar-refractivity contribution is 5.69. The average Bonchev–Trinajstić information content (AvgIpc) is 2.98. The van der Waals surface area contributed by atoms with E-state index in [4.69, 9.17) is 15.2 Å². The standard InChI is InChI=1S/C34H45N5O6/c1-23-13-25(17-35-19-31(40)41)33(44)27(15-23)21-38-9-4-10-39(12-8-30-6-3-5-29(37-30)7-11-38)22-28-16-24(2)14-26(34(28)45)18-36-20-32(42)43/h3,5-6,13-16,35-36,44-45H,4,7-12,17-22H2,1-2H3,(H,40,41)(H,42,43). The first-order valence-electron chi connectivity index (χ1n) is 15.4. The molecule has 0 fully saturated rings. The number of phenols is 2. The molecule has 0 aliphatic carbocycles. The number of carboxylic acids is 2. The molecule has 6 N–H and O–H groups in total. The van der Waals surface area contributed by atoms with Crippen LogP contribution in [0.15, 0.2) is 42.5 Å². The summed E-state index contributed by atoms with van der Waals surface area (Å²) in [4.78, 5) is 31.5. The predicted octanol–water partition coefficient (Wildman–Crippen LogP) is 2.95. The fourth-order valence-electron chi connectivity index (χ4n) is 5.88. The molecule has 0 saturated carbocycles. The summed E-state index contributed by atoms with van der Waals surface area (Å²) >= 11 is 0. The summed E-state index contributed by atoms with van der Waals surface area (Å²) in [7, 11) is 0. The van der Waals surface area contributed by atoms with E-state index in [9.17, 15) is 19.8 Å².